The second-order valence-corrected chi connectivity index (χ2v) is 4.47. The first-order valence-corrected chi connectivity index (χ1v) is 7.26. The molecular formula is C16H22N2O3. The van der Waals surface area contributed by atoms with Gasteiger partial charge in [0.2, 0.25) is 0 Å². The molecular weight excluding hydrogens is 268 g/mol. The number of nitrogens with zero attached hydrogens (tertiary/aromatic N) is 1. The van der Waals surface area contributed by atoms with Gasteiger partial charge in [-0.2, -0.15) is 5.26 Å². The molecule has 0 saturated heterocycles. The van der Waals surface area contributed by atoms with Crippen molar-refractivity contribution in [3.05, 3.63) is 23.8 Å². The summed E-state index contributed by atoms with van der Waals surface area (Å²) in [5.74, 6) is 0.872. The maximum atomic E-state index is 12.2. The van der Waals surface area contributed by atoms with E-state index in [1.807, 2.05) is 20.8 Å². The van der Waals surface area contributed by atoms with Crippen LogP contribution in [0.2, 0.25) is 0 Å². The van der Waals surface area contributed by atoms with Crippen LogP contribution in [0.5, 0.6) is 11.5 Å². The molecule has 0 bridgehead atoms. The lowest BCUT2D eigenvalue weighted by molar-refractivity contribution is 0.0943. The van der Waals surface area contributed by atoms with Crippen molar-refractivity contribution >= 4 is 5.91 Å². The number of carbonyl (C=O) groups excluding carboxylic acids is 1. The van der Waals surface area contributed by atoms with Gasteiger partial charge in [-0.3, -0.25) is 4.79 Å². The van der Waals surface area contributed by atoms with Gasteiger partial charge in [0.05, 0.1) is 19.3 Å². The Kier molecular flexibility index (Phi) is 7.10. The van der Waals surface area contributed by atoms with Crippen LogP contribution >= 0.6 is 0 Å². The average molecular weight is 290 g/mol. The molecule has 0 spiro atoms. The zero-order valence-corrected chi connectivity index (χ0v) is 12.8. The van der Waals surface area contributed by atoms with Crippen molar-refractivity contribution in [1.82, 2.24) is 5.32 Å². The van der Waals surface area contributed by atoms with E-state index in [1.165, 1.54) is 0 Å². The van der Waals surface area contributed by atoms with Crippen molar-refractivity contribution < 1.29 is 14.3 Å². The number of hydrogen-bond donors (Lipinski definition) is 1. The molecule has 0 aliphatic carbocycles. The summed E-state index contributed by atoms with van der Waals surface area (Å²) < 4.78 is 10.9. The molecule has 0 heterocycles. The molecule has 0 aliphatic rings. The van der Waals surface area contributed by atoms with Gasteiger partial charge in [-0.05, 0) is 38.5 Å². The number of hydrogen-bond acceptors (Lipinski definition) is 4. The van der Waals surface area contributed by atoms with Gasteiger partial charge < -0.3 is 14.8 Å². The number of rotatable bonds is 8. The monoisotopic (exact) mass is 290 g/mol. The Morgan fingerprint density at radius 3 is 2.48 bits per heavy atom. The number of amides is 1. The van der Waals surface area contributed by atoms with Crippen molar-refractivity contribution in [3.63, 3.8) is 0 Å². The molecule has 1 amide bonds. The van der Waals surface area contributed by atoms with Gasteiger partial charge in [0.1, 0.15) is 6.04 Å². The highest BCUT2D eigenvalue weighted by atomic mass is 16.5. The van der Waals surface area contributed by atoms with Gasteiger partial charge in [-0.15, -0.1) is 0 Å². The van der Waals surface area contributed by atoms with Crippen LogP contribution in [0.25, 0.3) is 0 Å². The van der Waals surface area contributed by atoms with Crippen LogP contribution in [-0.2, 0) is 0 Å². The molecule has 5 nitrogen and oxygen atoms in total. The summed E-state index contributed by atoms with van der Waals surface area (Å²) in [5.41, 5.74) is 0.457. The van der Waals surface area contributed by atoms with Gasteiger partial charge in [-0.25, -0.2) is 0 Å². The highest BCUT2D eigenvalue weighted by molar-refractivity contribution is 5.95. The second kappa shape index (κ2) is 8.85. The first-order chi connectivity index (χ1) is 10.2. The Morgan fingerprint density at radius 2 is 1.90 bits per heavy atom. The lowest BCUT2D eigenvalue weighted by atomic mass is 10.1. The standard InChI is InChI=1S/C16H22N2O3/c1-4-7-13(11-17)18-16(19)12-8-9-14(20-5-2)15(10-12)21-6-3/h8-10,13H,4-7H2,1-3H3,(H,18,19). The highest BCUT2D eigenvalue weighted by Crippen LogP contribution is 2.28. The second-order valence-electron chi connectivity index (χ2n) is 4.47. The van der Waals surface area contributed by atoms with Crippen molar-refractivity contribution in [2.24, 2.45) is 0 Å². The number of nitriles is 1. The Bertz CT molecular complexity index is 509. The molecule has 1 N–H and O–H groups in total. The Labute approximate surface area is 125 Å². The Hall–Kier alpha value is -2.22. The number of carbonyl (C=O) groups is 1. The van der Waals surface area contributed by atoms with Gasteiger partial charge >= 0.3 is 0 Å². The third-order valence-corrected chi connectivity index (χ3v) is 2.84. The number of ether oxygens (including phenoxy) is 2. The highest BCUT2D eigenvalue weighted by Gasteiger charge is 2.15. The maximum Gasteiger partial charge on any atom is 0.252 e. The lowest BCUT2D eigenvalue weighted by Crippen LogP contribution is -2.33. The largest absolute Gasteiger partial charge is 0.490 e. The van der Waals surface area contributed by atoms with E-state index >= 15 is 0 Å². The van der Waals surface area contributed by atoms with E-state index in [-0.39, 0.29) is 5.91 Å². The van der Waals surface area contributed by atoms with Crippen LogP contribution in [0.3, 0.4) is 0 Å². The minimum atomic E-state index is -0.468. The molecule has 114 valence electrons. The topological polar surface area (TPSA) is 71.4 Å². The van der Waals surface area contributed by atoms with Crippen LogP contribution < -0.4 is 14.8 Å². The smallest absolute Gasteiger partial charge is 0.252 e. The zero-order chi connectivity index (χ0) is 15.7. The summed E-state index contributed by atoms with van der Waals surface area (Å²) in [7, 11) is 0. The Balaban J connectivity index is 2.89. The first-order valence-electron chi connectivity index (χ1n) is 7.26. The summed E-state index contributed by atoms with van der Waals surface area (Å²) in [6.07, 6.45) is 1.48. The predicted molar refractivity (Wildman–Crippen MR) is 80.6 cm³/mol. The van der Waals surface area contributed by atoms with E-state index in [0.29, 0.717) is 36.7 Å². The van der Waals surface area contributed by atoms with Gasteiger partial charge in [0, 0.05) is 5.56 Å². The molecule has 1 unspecified atom stereocenters. The minimum absolute atomic E-state index is 0.279. The van der Waals surface area contributed by atoms with Gasteiger partial charge in [0.15, 0.2) is 11.5 Å². The molecule has 1 rings (SSSR count). The minimum Gasteiger partial charge on any atom is -0.490 e. The van der Waals surface area contributed by atoms with Crippen LogP contribution in [0.4, 0.5) is 0 Å². The van der Waals surface area contributed by atoms with Gasteiger partial charge in [-0.1, -0.05) is 13.3 Å². The molecule has 21 heavy (non-hydrogen) atoms. The van der Waals surface area contributed by atoms with E-state index < -0.39 is 6.04 Å². The molecule has 1 atom stereocenters. The molecule has 0 saturated carbocycles. The van der Waals surface area contributed by atoms with E-state index in [0.717, 1.165) is 6.42 Å². The van der Waals surface area contributed by atoms with Gasteiger partial charge in [0.25, 0.3) is 5.91 Å². The van der Waals surface area contributed by atoms with E-state index in [2.05, 4.69) is 11.4 Å². The fourth-order valence-corrected chi connectivity index (χ4v) is 1.89. The summed E-state index contributed by atoms with van der Waals surface area (Å²) in [6, 6.07) is 6.65. The maximum absolute atomic E-state index is 12.2. The van der Waals surface area contributed by atoms with Crippen molar-refractivity contribution in [1.29, 1.82) is 5.26 Å². The third kappa shape index (κ3) is 4.99. The summed E-state index contributed by atoms with van der Waals surface area (Å²) in [5, 5.41) is 11.7. The molecule has 5 heteroatoms. The first kappa shape index (κ1) is 16.8. The molecule has 0 fully saturated rings. The van der Waals surface area contributed by atoms with Crippen molar-refractivity contribution in [2.45, 2.75) is 39.7 Å². The summed E-state index contributed by atoms with van der Waals surface area (Å²) in [6.45, 7) is 6.75. The molecule has 0 aliphatic heterocycles. The van der Waals surface area contributed by atoms with Crippen molar-refractivity contribution in [2.75, 3.05) is 13.2 Å². The van der Waals surface area contributed by atoms with E-state index in [9.17, 15) is 4.79 Å². The fraction of sp³-hybridized carbons (Fsp3) is 0.500. The van der Waals surface area contributed by atoms with Crippen LogP contribution in [0.15, 0.2) is 18.2 Å². The zero-order valence-electron chi connectivity index (χ0n) is 12.8. The summed E-state index contributed by atoms with van der Waals surface area (Å²) in [4.78, 5) is 12.2. The van der Waals surface area contributed by atoms with E-state index in [4.69, 9.17) is 14.7 Å². The van der Waals surface area contributed by atoms with E-state index in [1.54, 1.807) is 18.2 Å². The lowest BCUT2D eigenvalue weighted by Gasteiger charge is -2.14. The molecule has 1 aromatic rings. The third-order valence-electron chi connectivity index (χ3n) is 2.84. The number of benzene rings is 1. The van der Waals surface area contributed by atoms with Crippen LogP contribution in [0, 0.1) is 11.3 Å². The number of nitrogens with one attached hydrogen (secondary N) is 1. The predicted octanol–water partition coefficient (Wildman–Crippen LogP) is 2.91. The summed E-state index contributed by atoms with van der Waals surface area (Å²) >= 11 is 0. The fourth-order valence-electron chi connectivity index (χ4n) is 1.89. The molecule has 0 aromatic heterocycles. The van der Waals surface area contributed by atoms with Crippen molar-refractivity contribution in [3.8, 4) is 17.6 Å². The normalized spacial score (nSPS) is 11.3. The molecule has 1 aromatic carbocycles. The van der Waals surface area contributed by atoms with Crippen LogP contribution in [-0.4, -0.2) is 25.2 Å². The quantitative estimate of drug-likeness (QED) is 0.799. The Morgan fingerprint density at radius 1 is 1.24 bits per heavy atom. The average Bonchev–Trinajstić information content (AvgIpc) is 2.48. The molecule has 0 radical (unpaired) electrons. The SMILES string of the molecule is CCCC(C#N)NC(=O)c1ccc(OCC)c(OCC)c1. The van der Waals surface area contributed by atoms with Crippen LogP contribution in [0.1, 0.15) is 44.0 Å².